The summed E-state index contributed by atoms with van der Waals surface area (Å²) in [5, 5.41) is 22.7. The SMILES string of the molecule is COc1cc(Br)c(/C=N/O)cc1OC.COc1cc(Br)c(/C=N/O)cc1OC. The number of benzene rings is 2. The Hall–Kier alpha value is -2.46. The molecular weight excluding hydrogens is 500 g/mol. The minimum Gasteiger partial charge on any atom is -0.493 e. The molecule has 0 aliphatic rings. The van der Waals surface area contributed by atoms with Crippen molar-refractivity contribution in [2.45, 2.75) is 0 Å². The predicted molar refractivity (Wildman–Crippen MR) is 113 cm³/mol. The lowest BCUT2D eigenvalue weighted by atomic mass is 10.2. The van der Waals surface area contributed by atoms with Gasteiger partial charge in [-0.2, -0.15) is 0 Å². The second-order valence-electron chi connectivity index (χ2n) is 4.95. The lowest BCUT2D eigenvalue weighted by Gasteiger charge is -2.09. The largest absolute Gasteiger partial charge is 0.493 e. The average Bonchev–Trinajstić information content (AvgIpc) is 2.71. The van der Waals surface area contributed by atoms with Gasteiger partial charge in [0, 0.05) is 20.1 Å². The van der Waals surface area contributed by atoms with Crippen molar-refractivity contribution in [2.24, 2.45) is 10.3 Å². The number of rotatable bonds is 6. The first kappa shape index (κ1) is 23.6. The Morgan fingerprint density at radius 1 is 0.643 bits per heavy atom. The van der Waals surface area contributed by atoms with Gasteiger partial charge in [-0.25, -0.2) is 0 Å². The molecule has 2 aromatic carbocycles. The molecule has 0 bridgehead atoms. The molecule has 0 amide bonds. The number of methoxy groups -OCH3 is 4. The molecule has 0 spiro atoms. The molecule has 0 radical (unpaired) electrons. The van der Waals surface area contributed by atoms with Crippen LogP contribution in [-0.2, 0) is 0 Å². The standard InChI is InChI=1S/2C9H10BrNO3/c2*1-13-8-3-6(5-11-12)7(10)4-9(8)14-2/h2*3-5,12H,1-2H3/b2*11-5+. The molecule has 28 heavy (non-hydrogen) atoms. The number of oxime groups is 2. The van der Waals surface area contributed by atoms with E-state index in [1.54, 1.807) is 52.7 Å². The van der Waals surface area contributed by atoms with Gasteiger partial charge in [-0.1, -0.05) is 10.3 Å². The summed E-state index contributed by atoms with van der Waals surface area (Å²) >= 11 is 6.63. The van der Waals surface area contributed by atoms with Gasteiger partial charge < -0.3 is 29.4 Å². The van der Waals surface area contributed by atoms with Gasteiger partial charge in [0.05, 0.1) is 40.9 Å². The van der Waals surface area contributed by atoms with Crippen molar-refractivity contribution in [1.82, 2.24) is 0 Å². The lowest BCUT2D eigenvalue weighted by molar-refractivity contribution is 0.321. The van der Waals surface area contributed by atoms with Crippen LogP contribution in [0, 0.1) is 0 Å². The van der Waals surface area contributed by atoms with Crippen molar-refractivity contribution >= 4 is 44.3 Å². The van der Waals surface area contributed by atoms with Gasteiger partial charge in [0.15, 0.2) is 23.0 Å². The van der Waals surface area contributed by atoms with E-state index in [0.29, 0.717) is 34.1 Å². The first-order valence-corrected chi connectivity index (χ1v) is 9.22. The van der Waals surface area contributed by atoms with E-state index < -0.39 is 0 Å². The number of halogens is 2. The summed E-state index contributed by atoms with van der Waals surface area (Å²) in [4.78, 5) is 0. The monoisotopic (exact) mass is 518 g/mol. The van der Waals surface area contributed by atoms with E-state index in [1.807, 2.05) is 0 Å². The maximum atomic E-state index is 8.41. The summed E-state index contributed by atoms with van der Waals surface area (Å²) < 4.78 is 21.9. The smallest absolute Gasteiger partial charge is 0.161 e. The van der Waals surface area contributed by atoms with Crippen LogP contribution < -0.4 is 18.9 Å². The minimum atomic E-state index is 0.589. The summed E-state index contributed by atoms with van der Waals surface area (Å²) in [5.41, 5.74) is 1.43. The van der Waals surface area contributed by atoms with Crippen molar-refractivity contribution in [3.05, 3.63) is 44.3 Å². The van der Waals surface area contributed by atoms with Crippen LogP contribution in [0.4, 0.5) is 0 Å². The van der Waals surface area contributed by atoms with Gasteiger partial charge >= 0.3 is 0 Å². The summed E-state index contributed by atoms with van der Waals surface area (Å²) in [6, 6.07) is 6.91. The zero-order valence-corrected chi connectivity index (χ0v) is 18.8. The van der Waals surface area contributed by atoms with Crippen LogP contribution >= 0.6 is 31.9 Å². The van der Waals surface area contributed by atoms with Crippen LogP contribution in [0.25, 0.3) is 0 Å². The van der Waals surface area contributed by atoms with Gasteiger partial charge in [-0.05, 0) is 56.1 Å². The highest BCUT2D eigenvalue weighted by atomic mass is 79.9. The number of hydrogen-bond donors (Lipinski definition) is 2. The fourth-order valence-electron chi connectivity index (χ4n) is 2.06. The van der Waals surface area contributed by atoms with E-state index in [-0.39, 0.29) is 0 Å². The Morgan fingerprint density at radius 3 is 1.18 bits per heavy atom. The first-order chi connectivity index (χ1) is 13.4. The van der Waals surface area contributed by atoms with E-state index in [2.05, 4.69) is 42.2 Å². The van der Waals surface area contributed by atoms with Gasteiger partial charge in [-0.3, -0.25) is 0 Å². The Balaban J connectivity index is 0.000000280. The quantitative estimate of drug-likeness (QED) is 0.330. The molecule has 0 saturated heterocycles. The number of hydrogen-bond acceptors (Lipinski definition) is 8. The summed E-state index contributed by atoms with van der Waals surface area (Å²) in [5.74, 6) is 2.42. The molecule has 2 rings (SSSR count). The first-order valence-electron chi connectivity index (χ1n) is 7.63. The summed E-state index contributed by atoms with van der Waals surface area (Å²) in [6.45, 7) is 0. The molecule has 0 aliphatic carbocycles. The van der Waals surface area contributed by atoms with E-state index in [4.69, 9.17) is 29.4 Å². The highest BCUT2D eigenvalue weighted by Crippen LogP contribution is 2.33. The molecule has 0 fully saturated rings. The fourth-order valence-corrected chi connectivity index (χ4v) is 2.91. The third-order valence-electron chi connectivity index (χ3n) is 3.40. The topological polar surface area (TPSA) is 102 Å². The maximum absolute atomic E-state index is 8.41. The molecule has 0 aromatic heterocycles. The molecule has 2 aromatic rings. The van der Waals surface area contributed by atoms with Crippen molar-refractivity contribution in [3.8, 4) is 23.0 Å². The number of nitrogens with zero attached hydrogens (tertiary/aromatic N) is 2. The van der Waals surface area contributed by atoms with Crippen LogP contribution in [0.3, 0.4) is 0 Å². The third kappa shape index (κ3) is 6.31. The molecule has 2 N–H and O–H groups in total. The van der Waals surface area contributed by atoms with E-state index in [0.717, 1.165) is 8.95 Å². The van der Waals surface area contributed by atoms with Crippen LogP contribution in [0.5, 0.6) is 23.0 Å². The van der Waals surface area contributed by atoms with E-state index in [1.165, 1.54) is 12.4 Å². The van der Waals surface area contributed by atoms with E-state index >= 15 is 0 Å². The van der Waals surface area contributed by atoms with Crippen molar-refractivity contribution < 1.29 is 29.4 Å². The van der Waals surface area contributed by atoms with Crippen LogP contribution in [-0.4, -0.2) is 51.3 Å². The third-order valence-corrected chi connectivity index (χ3v) is 4.77. The highest BCUT2D eigenvalue weighted by molar-refractivity contribution is 9.10. The molecule has 152 valence electrons. The molecule has 10 heteroatoms. The Labute approximate surface area is 179 Å². The molecule has 0 unspecified atom stereocenters. The predicted octanol–water partition coefficient (Wildman–Crippen LogP) is 4.55. The fraction of sp³-hybridized carbons (Fsp3) is 0.222. The maximum Gasteiger partial charge on any atom is 0.161 e. The van der Waals surface area contributed by atoms with E-state index in [9.17, 15) is 0 Å². The molecular formula is C18H20Br2N2O6. The van der Waals surface area contributed by atoms with Crippen LogP contribution in [0.15, 0.2) is 43.5 Å². The van der Waals surface area contributed by atoms with Gasteiger partial charge in [0.1, 0.15) is 0 Å². The molecule has 0 atom stereocenters. The molecule has 0 saturated carbocycles. The van der Waals surface area contributed by atoms with Crippen molar-refractivity contribution in [2.75, 3.05) is 28.4 Å². The molecule has 8 nitrogen and oxygen atoms in total. The summed E-state index contributed by atoms with van der Waals surface area (Å²) in [6.07, 6.45) is 2.62. The second-order valence-corrected chi connectivity index (χ2v) is 6.66. The summed E-state index contributed by atoms with van der Waals surface area (Å²) in [7, 11) is 6.21. The molecule has 0 heterocycles. The Kier molecular flexibility index (Phi) is 10.2. The number of ether oxygens (including phenoxy) is 4. The highest BCUT2D eigenvalue weighted by Gasteiger charge is 2.08. The molecule has 0 aliphatic heterocycles. The second kappa shape index (κ2) is 12.1. The zero-order valence-electron chi connectivity index (χ0n) is 15.6. The normalized spacial score (nSPS) is 10.5. The Morgan fingerprint density at radius 2 is 0.929 bits per heavy atom. The minimum absolute atomic E-state index is 0.589. The van der Waals surface area contributed by atoms with Crippen molar-refractivity contribution in [3.63, 3.8) is 0 Å². The zero-order chi connectivity index (χ0) is 21.1. The van der Waals surface area contributed by atoms with Gasteiger partial charge in [0.2, 0.25) is 0 Å². The van der Waals surface area contributed by atoms with Crippen LogP contribution in [0.2, 0.25) is 0 Å². The van der Waals surface area contributed by atoms with Crippen molar-refractivity contribution in [1.29, 1.82) is 0 Å². The lowest BCUT2D eigenvalue weighted by Crippen LogP contribution is -1.93. The Bertz CT molecular complexity index is 774. The average molecular weight is 520 g/mol. The van der Waals surface area contributed by atoms with Gasteiger partial charge in [-0.15, -0.1) is 0 Å². The van der Waals surface area contributed by atoms with Gasteiger partial charge in [0.25, 0.3) is 0 Å². The van der Waals surface area contributed by atoms with Crippen LogP contribution in [0.1, 0.15) is 11.1 Å².